The highest BCUT2D eigenvalue weighted by Gasteiger charge is 2.13. The zero-order valence-electron chi connectivity index (χ0n) is 18.3. The van der Waals surface area contributed by atoms with Crippen LogP contribution in [0.25, 0.3) is 21.3 Å². The van der Waals surface area contributed by atoms with Crippen molar-refractivity contribution in [3.8, 4) is 11.1 Å². The van der Waals surface area contributed by atoms with E-state index in [1.54, 1.807) is 17.7 Å². The highest BCUT2D eigenvalue weighted by molar-refractivity contribution is 7.17. The van der Waals surface area contributed by atoms with Crippen molar-refractivity contribution in [2.75, 3.05) is 31.5 Å². The van der Waals surface area contributed by atoms with Crippen LogP contribution in [-0.4, -0.2) is 47.0 Å². The van der Waals surface area contributed by atoms with Crippen molar-refractivity contribution in [3.63, 3.8) is 0 Å². The molecule has 0 spiro atoms. The summed E-state index contributed by atoms with van der Waals surface area (Å²) in [6, 6.07) is 17.7. The third-order valence-corrected chi connectivity index (χ3v) is 6.36. The van der Waals surface area contributed by atoms with Crippen molar-refractivity contribution in [1.82, 2.24) is 20.2 Å². The standard InChI is InChI=1S/C25H27N5OS/c1-3-30(4-2)15-14-26-24(31)19-10-12-20(13-11-19)29-23-22-21(18-8-6-5-7-9-18)16-32-25(22)28-17-27-23/h5-13,16-17H,3-4,14-15H2,1-2H3,(H,26,31)(H,27,28,29). The first-order valence-corrected chi connectivity index (χ1v) is 11.7. The number of hydrogen-bond donors (Lipinski definition) is 2. The summed E-state index contributed by atoms with van der Waals surface area (Å²) < 4.78 is 0. The van der Waals surface area contributed by atoms with Crippen molar-refractivity contribution in [1.29, 1.82) is 0 Å². The summed E-state index contributed by atoms with van der Waals surface area (Å²) in [5.41, 5.74) is 3.75. The fourth-order valence-electron chi connectivity index (χ4n) is 3.61. The molecule has 0 aliphatic carbocycles. The maximum absolute atomic E-state index is 12.4. The molecule has 4 aromatic rings. The van der Waals surface area contributed by atoms with E-state index in [0.717, 1.165) is 52.5 Å². The van der Waals surface area contributed by atoms with Crippen LogP contribution in [0.5, 0.6) is 0 Å². The Labute approximate surface area is 192 Å². The maximum atomic E-state index is 12.4. The number of carbonyl (C=O) groups is 1. The number of aromatic nitrogens is 2. The number of nitrogens with one attached hydrogen (secondary N) is 2. The lowest BCUT2D eigenvalue weighted by atomic mass is 10.1. The van der Waals surface area contributed by atoms with E-state index in [4.69, 9.17) is 0 Å². The van der Waals surface area contributed by atoms with E-state index in [-0.39, 0.29) is 5.91 Å². The topological polar surface area (TPSA) is 70.2 Å². The monoisotopic (exact) mass is 445 g/mol. The van der Waals surface area contributed by atoms with Gasteiger partial charge in [-0.15, -0.1) is 11.3 Å². The van der Waals surface area contributed by atoms with Gasteiger partial charge in [-0.05, 0) is 42.9 Å². The number of fused-ring (bicyclic) bond motifs is 1. The minimum absolute atomic E-state index is 0.0580. The summed E-state index contributed by atoms with van der Waals surface area (Å²) in [7, 11) is 0. The molecule has 6 nitrogen and oxygen atoms in total. The van der Waals surface area contributed by atoms with E-state index in [9.17, 15) is 4.79 Å². The first-order chi connectivity index (χ1) is 15.7. The van der Waals surface area contributed by atoms with Gasteiger partial charge < -0.3 is 15.5 Å². The molecule has 0 saturated carbocycles. The third-order valence-electron chi connectivity index (χ3n) is 5.47. The van der Waals surface area contributed by atoms with E-state index in [2.05, 4.69) is 56.9 Å². The quantitative estimate of drug-likeness (QED) is 0.372. The van der Waals surface area contributed by atoms with Crippen molar-refractivity contribution in [3.05, 3.63) is 71.9 Å². The smallest absolute Gasteiger partial charge is 0.251 e. The van der Waals surface area contributed by atoms with Crippen LogP contribution < -0.4 is 10.6 Å². The molecule has 2 aromatic heterocycles. The van der Waals surface area contributed by atoms with Crippen molar-refractivity contribution >= 4 is 39.0 Å². The summed E-state index contributed by atoms with van der Waals surface area (Å²) in [4.78, 5) is 24.6. The van der Waals surface area contributed by atoms with Gasteiger partial charge in [0, 0.05) is 35.3 Å². The summed E-state index contributed by atoms with van der Waals surface area (Å²) in [5.74, 6) is 0.698. The summed E-state index contributed by atoms with van der Waals surface area (Å²) in [6.45, 7) is 7.72. The highest BCUT2D eigenvalue weighted by atomic mass is 32.1. The molecule has 2 N–H and O–H groups in total. The lowest BCUT2D eigenvalue weighted by Crippen LogP contribution is -2.34. The lowest BCUT2D eigenvalue weighted by molar-refractivity contribution is 0.0949. The van der Waals surface area contributed by atoms with Crippen LogP contribution in [0.15, 0.2) is 66.3 Å². The zero-order chi connectivity index (χ0) is 22.3. The van der Waals surface area contributed by atoms with Gasteiger partial charge in [0.15, 0.2) is 0 Å². The Balaban J connectivity index is 1.48. The van der Waals surface area contributed by atoms with E-state index in [0.29, 0.717) is 12.1 Å². The van der Waals surface area contributed by atoms with Gasteiger partial charge in [0.2, 0.25) is 0 Å². The number of thiophene rings is 1. The van der Waals surface area contributed by atoms with Crippen LogP contribution in [0.4, 0.5) is 11.5 Å². The first-order valence-electron chi connectivity index (χ1n) is 10.8. The Hall–Kier alpha value is -3.29. The highest BCUT2D eigenvalue weighted by Crippen LogP contribution is 2.37. The van der Waals surface area contributed by atoms with Crippen LogP contribution in [-0.2, 0) is 0 Å². The Kier molecular flexibility index (Phi) is 7.09. The van der Waals surface area contributed by atoms with E-state index in [1.807, 2.05) is 42.5 Å². The molecule has 164 valence electrons. The Morgan fingerprint density at radius 2 is 1.75 bits per heavy atom. The average molecular weight is 446 g/mol. The zero-order valence-corrected chi connectivity index (χ0v) is 19.2. The van der Waals surface area contributed by atoms with Crippen LogP contribution in [0, 0.1) is 0 Å². The molecule has 0 saturated heterocycles. The Morgan fingerprint density at radius 1 is 1.00 bits per heavy atom. The molecule has 0 bridgehead atoms. The predicted molar refractivity (Wildman–Crippen MR) is 133 cm³/mol. The molecule has 7 heteroatoms. The van der Waals surface area contributed by atoms with Crippen LogP contribution in [0.2, 0.25) is 0 Å². The van der Waals surface area contributed by atoms with Gasteiger partial charge in [-0.25, -0.2) is 9.97 Å². The van der Waals surface area contributed by atoms with Gasteiger partial charge in [0.05, 0.1) is 5.39 Å². The molecular weight excluding hydrogens is 418 g/mol. The molecule has 1 amide bonds. The average Bonchev–Trinajstić information content (AvgIpc) is 3.28. The predicted octanol–water partition coefficient (Wildman–Crippen LogP) is 5.17. The number of amides is 1. The summed E-state index contributed by atoms with van der Waals surface area (Å²) >= 11 is 1.61. The van der Waals surface area contributed by atoms with E-state index in [1.165, 1.54) is 0 Å². The first kappa shape index (κ1) is 21.9. The minimum atomic E-state index is -0.0580. The fourth-order valence-corrected chi connectivity index (χ4v) is 4.53. The number of benzene rings is 2. The lowest BCUT2D eigenvalue weighted by Gasteiger charge is -2.18. The molecule has 0 radical (unpaired) electrons. The molecule has 2 heterocycles. The summed E-state index contributed by atoms with van der Waals surface area (Å²) in [5, 5.41) is 9.51. The molecule has 32 heavy (non-hydrogen) atoms. The number of likely N-dealkylation sites (N-methyl/N-ethyl adjacent to an activating group) is 1. The molecular formula is C25H27N5OS. The molecule has 0 aliphatic heterocycles. The molecule has 0 atom stereocenters. The maximum Gasteiger partial charge on any atom is 0.251 e. The van der Waals surface area contributed by atoms with Crippen LogP contribution in [0.3, 0.4) is 0 Å². The molecule has 0 aliphatic rings. The Morgan fingerprint density at radius 3 is 2.47 bits per heavy atom. The molecule has 4 rings (SSSR count). The second-order valence-corrected chi connectivity index (χ2v) is 8.26. The van der Waals surface area contributed by atoms with Gasteiger partial charge >= 0.3 is 0 Å². The van der Waals surface area contributed by atoms with E-state index < -0.39 is 0 Å². The molecule has 0 unspecified atom stereocenters. The Bertz CT molecular complexity index is 1170. The number of rotatable bonds is 9. The fraction of sp³-hybridized carbons (Fsp3) is 0.240. The van der Waals surface area contributed by atoms with Gasteiger partial charge in [0.1, 0.15) is 17.0 Å². The van der Waals surface area contributed by atoms with Crippen LogP contribution >= 0.6 is 11.3 Å². The van der Waals surface area contributed by atoms with Crippen LogP contribution in [0.1, 0.15) is 24.2 Å². The van der Waals surface area contributed by atoms with Gasteiger partial charge in [-0.2, -0.15) is 0 Å². The number of carbonyl (C=O) groups excluding carboxylic acids is 1. The van der Waals surface area contributed by atoms with Crippen molar-refractivity contribution < 1.29 is 4.79 Å². The number of nitrogens with zero attached hydrogens (tertiary/aromatic N) is 3. The largest absolute Gasteiger partial charge is 0.351 e. The SMILES string of the molecule is CCN(CC)CCNC(=O)c1ccc(Nc2ncnc3scc(-c4ccccc4)c23)cc1. The van der Waals surface area contributed by atoms with Crippen molar-refractivity contribution in [2.24, 2.45) is 0 Å². The van der Waals surface area contributed by atoms with Gasteiger partial charge in [-0.1, -0.05) is 44.2 Å². The van der Waals surface area contributed by atoms with E-state index >= 15 is 0 Å². The summed E-state index contributed by atoms with van der Waals surface area (Å²) in [6.07, 6.45) is 1.58. The third kappa shape index (κ3) is 4.95. The van der Waals surface area contributed by atoms with Gasteiger partial charge in [0.25, 0.3) is 5.91 Å². The molecule has 0 fully saturated rings. The number of anilines is 2. The number of hydrogen-bond acceptors (Lipinski definition) is 6. The second kappa shape index (κ2) is 10.3. The normalized spacial score (nSPS) is 11.1. The van der Waals surface area contributed by atoms with Gasteiger partial charge in [-0.3, -0.25) is 4.79 Å². The molecule has 2 aromatic carbocycles. The minimum Gasteiger partial charge on any atom is -0.351 e. The van der Waals surface area contributed by atoms with Crippen molar-refractivity contribution in [2.45, 2.75) is 13.8 Å². The second-order valence-electron chi connectivity index (χ2n) is 7.40.